The van der Waals surface area contributed by atoms with Crippen LogP contribution < -0.4 is 14.9 Å². The number of carbonyl (C=O) groups excluding carboxylic acids is 1. The molecule has 3 rings (SSSR count). The molecular formula is C22H26ClF2N3O6S. The van der Waals surface area contributed by atoms with E-state index in [9.17, 15) is 22.0 Å². The number of ether oxygens (including phenoxy) is 2. The van der Waals surface area contributed by atoms with E-state index in [1.807, 2.05) is 0 Å². The molecule has 35 heavy (non-hydrogen) atoms. The number of benzene rings is 2. The third-order valence-corrected chi connectivity index (χ3v) is 7.06. The average Bonchev–Trinajstić information content (AvgIpc) is 2.84. The topological polar surface area (TPSA) is 117 Å². The van der Waals surface area contributed by atoms with Gasteiger partial charge in [-0.15, -0.1) is 0 Å². The van der Waals surface area contributed by atoms with Gasteiger partial charge in [0.1, 0.15) is 11.8 Å². The number of morpholine rings is 1. The summed E-state index contributed by atoms with van der Waals surface area (Å²) in [5.74, 6) is -4.19. The lowest BCUT2D eigenvalue weighted by molar-refractivity contribution is -0.131. The quantitative estimate of drug-likeness (QED) is 0.231. The van der Waals surface area contributed by atoms with Crippen molar-refractivity contribution in [1.82, 2.24) is 15.1 Å². The molecule has 0 bridgehead atoms. The van der Waals surface area contributed by atoms with Crippen molar-refractivity contribution in [1.29, 1.82) is 0 Å². The van der Waals surface area contributed by atoms with Crippen LogP contribution in [0.15, 0.2) is 41.3 Å². The lowest BCUT2D eigenvalue weighted by Gasteiger charge is -2.26. The Morgan fingerprint density at radius 3 is 2.37 bits per heavy atom. The fraction of sp³-hybridized carbons (Fsp3) is 0.409. The average molecular weight is 534 g/mol. The molecule has 1 saturated heterocycles. The van der Waals surface area contributed by atoms with Crippen LogP contribution in [0.2, 0.25) is 5.02 Å². The fourth-order valence-corrected chi connectivity index (χ4v) is 4.87. The number of hydrogen-bond acceptors (Lipinski definition) is 7. The van der Waals surface area contributed by atoms with Crippen molar-refractivity contribution in [2.75, 3.05) is 32.8 Å². The molecule has 1 heterocycles. The summed E-state index contributed by atoms with van der Waals surface area (Å²) >= 11 is 5.77. The van der Waals surface area contributed by atoms with E-state index in [4.69, 9.17) is 26.3 Å². The van der Waals surface area contributed by atoms with Crippen molar-refractivity contribution in [3.63, 3.8) is 0 Å². The molecule has 1 atom stereocenters. The molecular weight excluding hydrogens is 508 g/mol. The van der Waals surface area contributed by atoms with Gasteiger partial charge in [-0.2, -0.15) is 4.72 Å². The van der Waals surface area contributed by atoms with E-state index in [1.54, 1.807) is 0 Å². The highest BCUT2D eigenvalue weighted by molar-refractivity contribution is 7.89. The molecule has 192 valence electrons. The van der Waals surface area contributed by atoms with Gasteiger partial charge in [0.2, 0.25) is 10.0 Å². The first-order valence-corrected chi connectivity index (χ1v) is 12.7. The number of nitrogens with zero attached hydrogens (tertiary/aromatic N) is 1. The van der Waals surface area contributed by atoms with Gasteiger partial charge in [-0.1, -0.05) is 18.0 Å². The zero-order chi connectivity index (χ0) is 25.4. The van der Waals surface area contributed by atoms with E-state index in [-0.39, 0.29) is 12.2 Å². The molecule has 1 fully saturated rings. The monoisotopic (exact) mass is 533 g/mol. The molecule has 0 aromatic heterocycles. The molecule has 0 saturated carbocycles. The SMILES string of the molecule is O=C(NO)[C@@H](CCCCN1CCOCC1)NS(=O)(=O)c1cc(F)c(Oc2ccc(Cl)cc2)c(F)c1. The van der Waals surface area contributed by atoms with Crippen LogP contribution in [0.4, 0.5) is 8.78 Å². The van der Waals surface area contributed by atoms with Gasteiger partial charge in [0.05, 0.1) is 18.1 Å². The molecule has 0 aliphatic carbocycles. The van der Waals surface area contributed by atoms with Crippen LogP contribution in [-0.4, -0.2) is 63.3 Å². The van der Waals surface area contributed by atoms with E-state index >= 15 is 0 Å². The Labute approximate surface area is 207 Å². The van der Waals surface area contributed by atoms with Crippen molar-refractivity contribution in [2.45, 2.75) is 30.2 Å². The second kappa shape index (κ2) is 12.6. The van der Waals surface area contributed by atoms with Crippen molar-refractivity contribution in [2.24, 2.45) is 0 Å². The molecule has 9 nitrogen and oxygen atoms in total. The maximum atomic E-state index is 14.6. The molecule has 13 heteroatoms. The van der Waals surface area contributed by atoms with Gasteiger partial charge in [-0.05, 0) is 55.8 Å². The third-order valence-electron chi connectivity index (χ3n) is 5.36. The normalized spacial score (nSPS) is 15.5. The highest BCUT2D eigenvalue weighted by Gasteiger charge is 2.28. The maximum Gasteiger partial charge on any atom is 0.261 e. The first-order chi connectivity index (χ1) is 16.7. The number of unbranched alkanes of at least 4 members (excludes halogenated alkanes) is 1. The summed E-state index contributed by atoms with van der Waals surface area (Å²) < 4.78 is 67.3. The van der Waals surface area contributed by atoms with Crippen LogP contribution in [0.3, 0.4) is 0 Å². The summed E-state index contributed by atoms with van der Waals surface area (Å²) in [5.41, 5.74) is 1.42. The Morgan fingerprint density at radius 1 is 1.14 bits per heavy atom. The van der Waals surface area contributed by atoms with Gasteiger partial charge in [-0.3, -0.25) is 14.9 Å². The molecule has 2 aromatic rings. The molecule has 1 aliphatic rings. The maximum absolute atomic E-state index is 14.6. The minimum atomic E-state index is -4.51. The van der Waals surface area contributed by atoms with Crippen LogP contribution in [0.5, 0.6) is 11.5 Å². The molecule has 0 spiro atoms. The molecule has 1 amide bonds. The van der Waals surface area contributed by atoms with Crippen molar-refractivity contribution in [3.8, 4) is 11.5 Å². The number of rotatable bonds is 11. The summed E-state index contributed by atoms with van der Waals surface area (Å²) in [6, 6.07) is 5.54. The second-order valence-electron chi connectivity index (χ2n) is 7.87. The van der Waals surface area contributed by atoms with E-state index in [0.717, 1.165) is 19.6 Å². The number of amides is 1. The summed E-state index contributed by atoms with van der Waals surface area (Å²) in [7, 11) is -4.51. The lowest BCUT2D eigenvalue weighted by atomic mass is 10.1. The Hall–Kier alpha value is -2.35. The first-order valence-electron chi connectivity index (χ1n) is 10.9. The minimum absolute atomic E-state index is 0.0681. The highest BCUT2D eigenvalue weighted by Crippen LogP contribution is 2.30. The molecule has 3 N–H and O–H groups in total. The smallest absolute Gasteiger partial charge is 0.261 e. The zero-order valence-corrected chi connectivity index (χ0v) is 20.2. The highest BCUT2D eigenvalue weighted by atomic mass is 35.5. The number of hydrogen-bond donors (Lipinski definition) is 3. The number of sulfonamides is 1. The van der Waals surface area contributed by atoms with Gasteiger partial charge >= 0.3 is 0 Å². The van der Waals surface area contributed by atoms with E-state index < -0.39 is 44.3 Å². The number of nitrogens with one attached hydrogen (secondary N) is 2. The van der Waals surface area contributed by atoms with Crippen LogP contribution in [0.25, 0.3) is 0 Å². The minimum Gasteiger partial charge on any atom is -0.451 e. The second-order valence-corrected chi connectivity index (χ2v) is 10.0. The molecule has 0 unspecified atom stereocenters. The third kappa shape index (κ3) is 7.82. The van der Waals surface area contributed by atoms with Crippen LogP contribution in [-0.2, 0) is 19.6 Å². The van der Waals surface area contributed by atoms with Crippen molar-refractivity contribution < 1.29 is 36.7 Å². The van der Waals surface area contributed by atoms with Crippen LogP contribution in [0, 0.1) is 11.6 Å². The Bertz CT molecular complexity index is 1090. The van der Waals surface area contributed by atoms with Gasteiger partial charge in [0.15, 0.2) is 17.4 Å². The van der Waals surface area contributed by atoms with Crippen LogP contribution in [0.1, 0.15) is 19.3 Å². The Balaban J connectivity index is 1.67. The van der Waals surface area contributed by atoms with Gasteiger partial charge in [-0.25, -0.2) is 22.7 Å². The summed E-state index contributed by atoms with van der Waals surface area (Å²) in [6.07, 6.45) is 1.21. The lowest BCUT2D eigenvalue weighted by Crippen LogP contribution is -2.45. The fourth-order valence-electron chi connectivity index (χ4n) is 3.50. The van der Waals surface area contributed by atoms with Gasteiger partial charge < -0.3 is 9.47 Å². The van der Waals surface area contributed by atoms with E-state index in [1.165, 1.54) is 29.7 Å². The van der Waals surface area contributed by atoms with Crippen molar-refractivity contribution >= 4 is 27.5 Å². The zero-order valence-electron chi connectivity index (χ0n) is 18.7. The molecule has 1 aliphatic heterocycles. The predicted octanol–water partition coefficient (Wildman–Crippen LogP) is 3.07. The predicted molar refractivity (Wildman–Crippen MR) is 123 cm³/mol. The van der Waals surface area contributed by atoms with E-state index in [2.05, 4.69) is 9.62 Å². The van der Waals surface area contributed by atoms with Crippen molar-refractivity contribution in [3.05, 3.63) is 53.1 Å². The standard InChI is InChI=1S/C22H26ClF2N3O6S/c23-15-4-6-16(7-5-15)34-21-18(24)13-17(14-19(21)25)35(31,32)27-20(22(29)26-30)3-1-2-8-28-9-11-33-12-10-28/h4-7,13-14,20,27,30H,1-3,8-12H2,(H,26,29)/t20-/m1/s1. The van der Waals surface area contributed by atoms with Gasteiger partial charge in [0.25, 0.3) is 5.91 Å². The van der Waals surface area contributed by atoms with Crippen LogP contribution >= 0.6 is 11.6 Å². The largest absolute Gasteiger partial charge is 0.451 e. The summed E-state index contributed by atoms with van der Waals surface area (Å²) in [4.78, 5) is 13.5. The number of halogens is 3. The summed E-state index contributed by atoms with van der Waals surface area (Å²) in [6.45, 7) is 3.62. The van der Waals surface area contributed by atoms with Gasteiger partial charge in [0, 0.05) is 18.1 Å². The first kappa shape index (κ1) is 27.2. The Morgan fingerprint density at radius 2 is 1.77 bits per heavy atom. The summed E-state index contributed by atoms with van der Waals surface area (Å²) in [5, 5.41) is 9.41. The number of hydroxylamine groups is 1. The number of carbonyl (C=O) groups is 1. The molecule has 2 aromatic carbocycles. The molecule has 0 radical (unpaired) electrons. The Kier molecular flexibility index (Phi) is 9.78. The van der Waals surface area contributed by atoms with E-state index in [0.29, 0.717) is 43.2 Å².